The molecule has 0 radical (unpaired) electrons. The number of fused-ring (bicyclic) bond motifs is 13. The third-order valence-corrected chi connectivity index (χ3v) is 13.1. The zero-order valence-electron chi connectivity index (χ0n) is 32.6. The van der Waals surface area contributed by atoms with Crippen LogP contribution in [0.3, 0.4) is 0 Å². The minimum Gasteiger partial charge on any atom is -0.309 e. The molecule has 0 unspecified atom stereocenters. The number of aromatic nitrogens is 4. The van der Waals surface area contributed by atoms with E-state index in [1.807, 2.05) is 0 Å². The Morgan fingerprint density at radius 2 is 1.05 bits per heavy atom. The maximum absolute atomic E-state index is 5.60. The maximum Gasteiger partial charge on any atom is 0.235 e. The Hall–Kier alpha value is -7.56. The average Bonchev–Trinajstić information content (AvgIpc) is 3.87. The van der Waals surface area contributed by atoms with E-state index < -0.39 is 0 Å². The van der Waals surface area contributed by atoms with Crippen molar-refractivity contribution in [2.45, 2.75) is 19.3 Å². The van der Waals surface area contributed by atoms with Crippen molar-refractivity contribution in [3.8, 4) is 34.0 Å². The molecule has 4 nitrogen and oxygen atoms in total. The van der Waals surface area contributed by atoms with Gasteiger partial charge in [0.2, 0.25) is 5.95 Å². The molecule has 0 N–H and O–H groups in total. The van der Waals surface area contributed by atoms with E-state index in [0.717, 1.165) is 38.9 Å². The van der Waals surface area contributed by atoms with Gasteiger partial charge in [0.1, 0.15) is 0 Å². The molecule has 9 aromatic carbocycles. The zero-order valence-corrected chi connectivity index (χ0v) is 32.6. The molecule has 0 bridgehead atoms. The van der Waals surface area contributed by atoms with E-state index in [9.17, 15) is 0 Å². The molecule has 0 amide bonds. The average molecular weight is 753 g/mol. The smallest absolute Gasteiger partial charge is 0.235 e. The van der Waals surface area contributed by atoms with Gasteiger partial charge in [-0.05, 0) is 80.9 Å². The molecule has 276 valence electrons. The summed E-state index contributed by atoms with van der Waals surface area (Å²) >= 11 is 0. The lowest BCUT2D eigenvalue weighted by Gasteiger charge is -2.21. The van der Waals surface area contributed by atoms with E-state index in [-0.39, 0.29) is 5.41 Å². The van der Waals surface area contributed by atoms with Gasteiger partial charge in [-0.25, -0.2) is 9.97 Å². The van der Waals surface area contributed by atoms with Crippen LogP contribution in [-0.4, -0.2) is 19.1 Å². The summed E-state index contributed by atoms with van der Waals surface area (Å²) in [5, 5.41) is 10.7. The van der Waals surface area contributed by atoms with Crippen LogP contribution in [0.4, 0.5) is 0 Å². The van der Waals surface area contributed by atoms with Gasteiger partial charge in [-0.2, -0.15) is 0 Å². The highest BCUT2D eigenvalue weighted by molar-refractivity contribution is 6.24. The van der Waals surface area contributed by atoms with Gasteiger partial charge in [0.05, 0.1) is 39.0 Å². The number of nitrogens with zero attached hydrogens (tertiary/aromatic N) is 4. The molecular weight excluding hydrogens is 717 g/mol. The Labute approximate surface area is 340 Å². The fourth-order valence-electron chi connectivity index (χ4n) is 10.4. The summed E-state index contributed by atoms with van der Waals surface area (Å²) in [5.74, 6) is 0.654. The molecule has 1 aliphatic rings. The quantitative estimate of drug-likeness (QED) is 0.180. The first-order valence-corrected chi connectivity index (χ1v) is 20.4. The van der Waals surface area contributed by atoms with Gasteiger partial charge < -0.3 is 4.57 Å². The predicted molar refractivity (Wildman–Crippen MR) is 246 cm³/mol. The highest BCUT2D eigenvalue weighted by atomic mass is 15.2. The zero-order chi connectivity index (χ0) is 39.0. The van der Waals surface area contributed by atoms with E-state index >= 15 is 0 Å². The second-order valence-corrected chi connectivity index (χ2v) is 16.6. The normalized spacial score (nSPS) is 13.4. The van der Waals surface area contributed by atoms with Crippen LogP contribution in [0.2, 0.25) is 0 Å². The Balaban J connectivity index is 1.21. The fraction of sp³-hybridized carbons (Fsp3) is 0.0545. The van der Waals surface area contributed by atoms with E-state index in [0.29, 0.717) is 5.95 Å². The summed E-state index contributed by atoms with van der Waals surface area (Å²) in [6, 6.07) is 66.3. The Bertz CT molecular complexity index is 3720. The maximum atomic E-state index is 5.60. The highest BCUT2D eigenvalue weighted by Crippen LogP contribution is 2.52. The van der Waals surface area contributed by atoms with Crippen molar-refractivity contribution in [1.29, 1.82) is 0 Å². The highest BCUT2D eigenvalue weighted by Gasteiger charge is 2.36. The van der Waals surface area contributed by atoms with Gasteiger partial charge in [-0.15, -0.1) is 0 Å². The van der Waals surface area contributed by atoms with Crippen LogP contribution in [-0.2, 0) is 5.41 Å². The lowest BCUT2D eigenvalue weighted by Crippen LogP contribution is -2.14. The monoisotopic (exact) mass is 752 g/mol. The lowest BCUT2D eigenvalue weighted by atomic mass is 9.82. The van der Waals surface area contributed by atoms with Crippen LogP contribution in [0.5, 0.6) is 0 Å². The SMILES string of the molecule is CC1(C)c2ccccc2-c2cc3c(cc21)c1c2ccccc2c(-n2c4ccccc4c4ccccc42)cc1n3-c1nc(-c2ccc3ccccc3c2)c2ccccc2n1. The van der Waals surface area contributed by atoms with Crippen molar-refractivity contribution in [3.05, 3.63) is 193 Å². The molecule has 0 saturated carbocycles. The molecule has 0 spiro atoms. The van der Waals surface area contributed by atoms with E-state index in [1.165, 1.54) is 76.4 Å². The van der Waals surface area contributed by atoms with Gasteiger partial charge in [0, 0.05) is 43.3 Å². The second-order valence-electron chi connectivity index (χ2n) is 16.6. The molecular formula is C55H36N4. The van der Waals surface area contributed by atoms with Gasteiger partial charge in [-0.3, -0.25) is 4.57 Å². The molecule has 12 aromatic rings. The molecule has 4 heteroatoms. The standard InChI is InChI=1S/C55H36N4/c1-55(2)44-23-11-7-17-36(44)42-31-49-43(30-45(42)55)52-40-21-6-5-20-39(40)50(58-47-25-13-9-18-37(47)38-19-10-14-26-48(38)58)32-51(52)59(49)54-56-46-24-12-8-22-41(46)53(57-54)35-28-27-33-15-3-4-16-34(33)29-35/h3-32H,1-2H3. The van der Waals surface area contributed by atoms with Crippen molar-refractivity contribution in [2.75, 3.05) is 0 Å². The van der Waals surface area contributed by atoms with Crippen LogP contribution in [0.1, 0.15) is 25.0 Å². The molecule has 1 aliphatic carbocycles. The first-order chi connectivity index (χ1) is 29.0. The Morgan fingerprint density at radius 1 is 0.407 bits per heavy atom. The van der Waals surface area contributed by atoms with E-state index in [2.05, 4.69) is 205 Å². The lowest BCUT2D eigenvalue weighted by molar-refractivity contribution is 0.661. The summed E-state index contributed by atoms with van der Waals surface area (Å²) in [7, 11) is 0. The number of hydrogen-bond acceptors (Lipinski definition) is 2. The molecule has 0 atom stereocenters. The van der Waals surface area contributed by atoms with Crippen molar-refractivity contribution in [1.82, 2.24) is 19.1 Å². The van der Waals surface area contributed by atoms with Gasteiger partial charge >= 0.3 is 0 Å². The molecule has 13 rings (SSSR count). The number of rotatable bonds is 3. The Kier molecular flexibility index (Phi) is 6.48. The molecule has 3 aromatic heterocycles. The molecule has 0 fully saturated rings. The van der Waals surface area contributed by atoms with Crippen molar-refractivity contribution in [2.24, 2.45) is 0 Å². The van der Waals surface area contributed by atoms with Crippen LogP contribution >= 0.6 is 0 Å². The van der Waals surface area contributed by atoms with Crippen LogP contribution in [0, 0.1) is 0 Å². The number of benzene rings is 9. The number of hydrogen-bond donors (Lipinski definition) is 0. The van der Waals surface area contributed by atoms with Crippen molar-refractivity contribution < 1.29 is 0 Å². The molecule has 0 aliphatic heterocycles. The first-order valence-electron chi connectivity index (χ1n) is 20.4. The third kappa shape index (κ3) is 4.43. The van der Waals surface area contributed by atoms with E-state index in [4.69, 9.17) is 9.97 Å². The molecule has 0 saturated heterocycles. The van der Waals surface area contributed by atoms with Crippen LogP contribution < -0.4 is 0 Å². The van der Waals surface area contributed by atoms with E-state index in [1.54, 1.807) is 0 Å². The third-order valence-electron chi connectivity index (χ3n) is 13.1. The summed E-state index contributed by atoms with van der Waals surface area (Å²) in [6.07, 6.45) is 0. The van der Waals surface area contributed by atoms with Gasteiger partial charge in [0.15, 0.2) is 0 Å². The van der Waals surface area contributed by atoms with Crippen LogP contribution in [0.15, 0.2) is 182 Å². The van der Waals surface area contributed by atoms with Gasteiger partial charge in [0.25, 0.3) is 0 Å². The molecule has 59 heavy (non-hydrogen) atoms. The largest absolute Gasteiger partial charge is 0.309 e. The molecule has 3 heterocycles. The predicted octanol–water partition coefficient (Wildman–Crippen LogP) is 14.1. The van der Waals surface area contributed by atoms with Gasteiger partial charge in [-0.1, -0.05) is 153 Å². The first kappa shape index (κ1) is 32.5. The summed E-state index contributed by atoms with van der Waals surface area (Å²) in [4.78, 5) is 11.1. The minimum absolute atomic E-state index is 0.157. The minimum atomic E-state index is -0.157. The summed E-state index contributed by atoms with van der Waals surface area (Å²) in [6.45, 7) is 4.73. The van der Waals surface area contributed by atoms with Crippen LogP contribution in [0.25, 0.3) is 110 Å². The fourth-order valence-corrected chi connectivity index (χ4v) is 10.4. The summed E-state index contributed by atoms with van der Waals surface area (Å²) < 4.78 is 4.80. The Morgan fingerprint density at radius 3 is 1.85 bits per heavy atom. The second kappa shape index (κ2) is 11.7. The summed E-state index contributed by atoms with van der Waals surface area (Å²) in [5.41, 5.74) is 13.7. The van der Waals surface area contributed by atoms with Crippen molar-refractivity contribution >= 4 is 76.1 Å². The topological polar surface area (TPSA) is 35.6 Å². The van der Waals surface area contributed by atoms with Crippen molar-refractivity contribution in [3.63, 3.8) is 0 Å². The number of para-hydroxylation sites is 3.